The highest BCUT2D eigenvalue weighted by Gasteiger charge is 2.52. The van der Waals surface area contributed by atoms with Gasteiger partial charge >= 0.3 is 11.9 Å². The SMILES string of the molecule is CON1C(C)(C)CC(OC(=O)CCCCCCCCC(=O)OC2CC(C)(C)N(OC)C(C)(C(C)C)C2)CC1(C)C(C)C. The van der Waals surface area contributed by atoms with Crippen LogP contribution in [0.5, 0.6) is 0 Å². The van der Waals surface area contributed by atoms with Crippen LogP contribution in [0.2, 0.25) is 0 Å². The maximum absolute atomic E-state index is 12.7. The van der Waals surface area contributed by atoms with E-state index in [2.05, 4.69) is 79.4 Å². The molecular formula is C34H64N2O6. The minimum atomic E-state index is -0.212. The van der Waals surface area contributed by atoms with Crippen LogP contribution in [0.4, 0.5) is 0 Å². The average molecular weight is 597 g/mol. The third-order valence-corrected chi connectivity index (χ3v) is 10.2. The molecule has 42 heavy (non-hydrogen) atoms. The number of carbonyl (C=O) groups is 2. The molecular weight excluding hydrogens is 532 g/mol. The van der Waals surface area contributed by atoms with Crippen LogP contribution in [-0.2, 0) is 28.7 Å². The van der Waals surface area contributed by atoms with Crippen LogP contribution in [0.25, 0.3) is 0 Å². The molecule has 4 atom stereocenters. The summed E-state index contributed by atoms with van der Waals surface area (Å²) in [5.41, 5.74) is -0.811. The monoisotopic (exact) mass is 596 g/mol. The quantitative estimate of drug-likeness (QED) is 0.141. The van der Waals surface area contributed by atoms with E-state index < -0.39 is 0 Å². The predicted octanol–water partition coefficient (Wildman–Crippen LogP) is 7.63. The van der Waals surface area contributed by atoms with E-state index in [-0.39, 0.29) is 46.3 Å². The van der Waals surface area contributed by atoms with Crippen molar-refractivity contribution in [2.45, 2.75) is 181 Å². The van der Waals surface area contributed by atoms with Crippen molar-refractivity contribution in [3.8, 4) is 0 Å². The summed E-state index contributed by atoms with van der Waals surface area (Å²) in [5, 5.41) is 4.20. The van der Waals surface area contributed by atoms with Gasteiger partial charge in [-0.2, -0.15) is 10.1 Å². The number of unbranched alkanes of at least 4 members (excludes halogenated alkanes) is 5. The third-order valence-electron chi connectivity index (χ3n) is 10.2. The van der Waals surface area contributed by atoms with E-state index in [1.165, 1.54) is 0 Å². The lowest BCUT2D eigenvalue weighted by molar-refractivity contribution is -0.293. The summed E-state index contributed by atoms with van der Waals surface area (Å²) in [4.78, 5) is 36.9. The van der Waals surface area contributed by atoms with Crippen LogP contribution in [0.15, 0.2) is 0 Å². The molecule has 0 N–H and O–H groups in total. The number of hydroxylamine groups is 4. The predicted molar refractivity (Wildman–Crippen MR) is 168 cm³/mol. The molecule has 8 heteroatoms. The molecule has 0 aromatic heterocycles. The Morgan fingerprint density at radius 1 is 0.595 bits per heavy atom. The third kappa shape index (κ3) is 9.15. The average Bonchev–Trinajstić information content (AvgIpc) is 2.84. The molecule has 0 bridgehead atoms. The van der Waals surface area contributed by atoms with E-state index in [4.69, 9.17) is 19.1 Å². The summed E-state index contributed by atoms with van der Waals surface area (Å²) in [6.45, 7) is 21.8. The van der Waals surface area contributed by atoms with Gasteiger partial charge in [-0.05, 0) is 66.2 Å². The van der Waals surface area contributed by atoms with Gasteiger partial charge in [-0.3, -0.25) is 9.59 Å². The van der Waals surface area contributed by atoms with Crippen molar-refractivity contribution in [1.29, 1.82) is 0 Å². The lowest BCUT2D eigenvalue weighted by atomic mass is 9.73. The number of hydrogen-bond acceptors (Lipinski definition) is 8. The van der Waals surface area contributed by atoms with Gasteiger partial charge in [-0.1, -0.05) is 53.4 Å². The summed E-state index contributed by atoms with van der Waals surface area (Å²) in [5.74, 6) is 0.538. The highest BCUT2D eigenvalue weighted by molar-refractivity contribution is 5.70. The zero-order valence-electron chi connectivity index (χ0n) is 29.1. The Balaban J connectivity index is 1.65. The van der Waals surface area contributed by atoms with Crippen LogP contribution in [0.1, 0.15) is 146 Å². The minimum Gasteiger partial charge on any atom is -0.462 e. The highest BCUT2D eigenvalue weighted by Crippen LogP contribution is 2.45. The van der Waals surface area contributed by atoms with Crippen molar-refractivity contribution >= 4 is 11.9 Å². The van der Waals surface area contributed by atoms with Crippen LogP contribution in [0.3, 0.4) is 0 Å². The van der Waals surface area contributed by atoms with Crippen molar-refractivity contribution in [1.82, 2.24) is 10.1 Å². The Hall–Kier alpha value is -1.22. The second kappa shape index (κ2) is 15.2. The van der Waals surface area contributed by atoms with E-state index in [0.717, 1.165) is 64.2 Å². The first kappa shape index (κ1) is 37.0. The second-order valence-corrected chi connectivity index (χ2v) is 15.3. The van der Waals surface area contributed by atoms with Crippen molar-refractivity contribution < 1.29 is 28.7 Å². The van der Waals surface area contributed by atoms with Crippen molar-refractivity contribution in [2.75, 3.05) is 14.2 Å². The Labute approximate surface area is 257 Å². The molecule has 0 amide bonds. The number of hydrogen-bond donors (Lipinski definition) is 0. The zero-order valence-corrected chi connectivity index (χ0v) is 29.1. The fourth-order valence-corrected chi connectivity index (χ4v) is 7.65. The normalized spacial score (nSPS) is 30.0. The van der Waals surface area contributed by atoms with Gasteiger partial charge in [0.15, 0.2) is 0 Å². The van der Waals surface area contributed by atoms with Gasteiger partial charge in [-0.25, -0.2) is 0 Å². The maximum atomic E-state index is 12.7. The molecule has 246 valence electrons. The van der Waals surface area contributed by atoms with Crippen molar-refractivity contribution in [3.05, 3.63) is 0 Å². The standard InChI is InChI=1S/C34H64N2O6/c1-25(2)33(9)23-27(21-31(5,6)35(33)39-11)41-29(37)19-17-15-13-14-16-18-20-30(38)42-28-22-32(7,8)36(40-12)34(10,24-28)26(3)4/h25-28H,13-24H2,1-12H3. The zero-order chi connectivity index (χ0) is 31.9. The molecule has 0 saturated carbocycles. The lowest BCUT2D eigenvalue weighted by Gasteiger charge is -2.56. The highest BCUT2D eigenvalue weighted by atomic mass is 16.7. The van der Waals surface area contributed by atoms with Gasteiger partial charge in [0.05, 0.1) is 14.2 Å². The van der Waals surface area contributed by atoms with Crippen LogP contribution >= 0.6 is 0 Å². The first-order valence-corrected chi connectivity index (χ1v) is 16.5. The van der Waals surface area contributed by atoms with Gasteiger partial charge in [0.1, 0.15) is 12.2 Å². The largest absolute Gasteiger partial charge is 0.462 e. The molecule has 2 rings (SSSR count). The van der Waals surface area contributed by atoms with Gasteiger partial charge in [0, 0.05) is 60.7 Å². The molecule has 0 aromatic carbocycles. The molecule has 2 saturated heterocycles. The van der Waals surface area contributed by atoms with Gasteiger partial charge in [0.2, 0.25) is 0 Å². The van der Waals surface area contributed by atoms with E-state index in [9.17, 15) is 9.59 Å². The number of carbonyl (C=O) groups excluding carboxylic acids is 2. The van der Waals surface area contributed by atoms with Crippen molar-refractivity contribution in [3.63, 3.8) is 0 Å². The topological polar surface area (TPSA) is 77.5 Å². The Morgan fingerprint density at radius 3 is 1.19 bits per heavy atom. The van der Waals surface area contributed by atoms with Crippen LogP contribution in [-0.4, -0.2) is 70.6 Å². The fraction of sp³-hybridized carbons (Fsp3) is 0.941. The summed E-state index contributed by atoms with van der Waals surface area (Å²) < 4.78 is 11.9. The van der Waals surface area contributed by atoms with E-state index in [0.29, 0.717) is 24.7 Å². The molecule has 2 aliphatic rings. The minimum absolute atomic E-state index is 0.0937. The summed E-state index contributed by atoms with van der Waals surface area (Å²) >= 11 is 0. The Morgan fingerprint density at radius 2 is 0.905 bits per heavy atom. The molecule has 0 radical (unpaired) electrons. The number of rotatable bonds is 15. The Bertz CT molecular complexity index is 804. The second-order valence-electron chi connectivity index (χ2n) is 15.3. The first-order chi connectivity index (χ1) is 19.4. The molecule has 0 aromatic rings. The number of nitrogens with zero attached hydrogens (tertiary/aromatic N) is 2. The number of esters is 2. The first-order valence-electron chi connectivity index (χ1n) is 16.5. The summed E-state index contributed by atoms with van der Waals surface area (Å²) in [7, 11) is 3.47. The van der Waals surface area contributed by atoms with Crippen molar-refractivity contribution in [2.24, 2.45) is 11.8 Å². The summed E-state index contributed by atoms with van der Waals surface area (Å²) in [6.07, 6.45) is 9.60. The van der Waals surface area contributed by atoms with Crippen LogP contribution in [0, 0.1) is 11.8 Å². The molecule has 2 aliphatic heterocycles. The molecule has 0 spiro atoms. The van der Waals surface area contributed by atoms with Gasteiger partial charge in [-0.15, -0.1) is 0 Å². The maximum Gasteiger partial charge on any atom is 0.306 e. The van der Waals surface area contributed by atoms with E-state index >= 15 is 0 Å². The smallest absolute Gasteiger partial charge is 0.306 e. The number of piperidine rings is 2. The lowest BCUT2D eigenvalue weighted by Crippen LogP contribution is -2.64. The van der Waals surface area contributed by atoms with Crippen LogP contribution < -0.4 is 0 Å². The molecule has 2 heterocycles. The fourth-order valence-electron chi connectivity index (χ4n) is 7.65. The molecule has 8 nitrogen and oxygen atoms in total. The van der Waals surface area contributed by atoms with E-state index in [1.807, 2.05) is 0 Å². The summed E-state index contributed by atoms with van der Waals surface area (Å²) in [6, 6.07) is 0. The number of ether oxygens (including phenoxy) is 2. The Kier molecular flexibility index (Phi) is 13.4. The molecule has 0 aliphatic carbocycles. The molecule has 2 fully saturated rings. The van der Waals surface area contributed by atoms with Gasteiger partial charge < -0.3 is 19.1 Å². The van der Waals surface area contributed by atoms with E-state index in [1.54, 1.807) is 14.2 Å². The van der Waals surface area contributed by atoms with Gasteiger partial charge in [0.25, 0.3) is 0 Å². The molecule has 4 unspecified atom stereocenters.